The maximum absolute atomic E-state index is 12.1. The van der Waals surface area contributed by atoms with E-state index in [1.54, 1.807) is 18.5 Å². The second-order valence-corrected chi connectivity index (χ2v) is 7.07. The SMILES string of the molecule is CCNC(=O)NC(=O)[C@@H](C)Sc1nc(C(C)C)n(-c2ccccc2)n1. The molecule has 2 aromatic rings. The summed E-state index contributed by atoms with van der Waals surface area (Å²) in [6.07, 6.45) is 0. The number of rotatable bonds is 6. The molecule has 0 unspecified atom stereocenters. The normalized spacial score (nSPS) is 12.0. The molecule has 0 saturated heterocycles. The second-order valence-electron chi connectivity index (χ2n) is 5.76. The highest BCUT2D eigenvalue weighted by atomic mass is 32.2. The van der Waals surface area contributed by atoms with Gasteiger partial charge in [-0.25, -0.2) is 14.5 Å². The zero-order chi connectivity index (χ0) is 18.4. The number of benzene rings is 1. The zero-order valence-corrected chi connectivity index (χ0v) is 15.6. The number of thioether (sulfide) groups is 1. The molecule has 1 atom stereocenters. The molecule has 2 N–H and O–H groups in total. The summed E-state index contributed by atoms with van der Waals surface area (Å²) < 4.78 is 1.79. The lowest BCUT2D eigenvalue weighted by molar-refractivity contribution is -0.119. The van der Waals surface area contributed by atoms with Gasteiger partial charge in [0.05, 0.1) is 10.9 Å². The molecule has 0 fully saturated rings. The molecule has 7 nitrogen and oxygen atoms in total. The smallest absolute Gasteiger partial charge is 0.321 e. The van der Waals surface area contributed by atoms with E-state index in [0.717, 1.165) is 11.5 Å². The van der Waals surface area contributed by atoms with Gasteiger partial charge in [-0.15, -0.1) is 5.10 Å². The van der Waals surface area contributed by atoms with Crippen molar-refractivity contribution in [2.24, 2.45) is 0 Å². The molecule has 1 heterocycles. The molecule has 25 heavy (non-hydrogen) atoms. The van der Waals surface area contributed by atoms with Gasteiger partial charge < -0.3 is 5.32 Å². The Morgan fingerprint density at radius 2 is 1.88 bits per heavy atom. The maximum Gasteiger partial charge on any atom is 0.321 e. The first kappa shape index (κ1) is 19.0. The van der Waals surface area contributed by atoms with Crippen molar-refractivity contribution in [2.45, 2.75) is 44.0 Å². The van der Waals surface area contributed by atoms with Gasteiger partial charge in [-0.05, 0) is 26.0 Å². The number of carbonyl (C=O) groups excluding carboxylic acids is 2. The van der Waals surface area contributed by atoms with E-state index in [4.69, 9.17) is 0 Å². The minimum atomic E-state index is -0.495. The Kier molecular flexibility index (Phi) is 6.58. The molecular weight excluding hydrogens is 338 g/mol. The van der Waals surface area contributed by atoms with Gasteiger partial charge >= 0.3 is 6.03 Å². The Morgan fingerprint density at radius 1 is 1.20 bits per heavy atom. The van der Waals surface area contributed by atoms with E-state index in [1.807, 2.05) is 44.2 Å². The number of carbonyl (C=O) groups is 2. The van der Waals surface area contributed by atoms with Gasteiger partial charge in [0.1, 0.15) is 5.82 Å². The number of para-hydroxylation sites is 1. The first-order valence-corrected chi connectivity index (χ1v) is 9.08. The first-order valence-electron chi connectivity index (χ1n) is 8.20. The van der Waals surface area contributed by atoms with E-state index in [9.17, 15) is 9.59 Å². The lowest BCUT2D eigenvalue weighted by Gasteiger charge is -2.09. The number of imide groups is 1. The third-order valence-corrected chi connectivity index (χ3v) is 4.31. The molecule has 8 heteroatoms. The molecule has 0 radical (unpaired) electrons. The average molecular weight is 361 g/mol. The predicted molar refractivity (Wildman–Crippen MR) is 98.0 cm³/mol. The molecule has 0 aliphatic carbocycles. The van der Waals surface area contributed by atoms with Crippen LogP contribution in [0.15, 0.2) is 35.5 Å². The quantitative estimate of drug-likeness (QED) is 0.772. The van der Waals surface area contributed by atoms with Crippen LogP contribution in [-0.2, 0) is 4.79 Å². The van der Waals surface area contributed by atoms with Crippen molar-refractivity contribution in [1.82, 2.24) is 25.4 Å². The van der Waals surface area contributed by atoms with E-state index in [2.05, 4.69) is 20.7 Å². The Morgan fingerprint density at radius 3 is 2.48 bits per heavy atom. The number of urea groups is 1. The summed E-state index contributed by atoms with van der Waals surface area (Å²) in [6, 6.07) is 9.25. The fourth-order valence-electron chi connectivity index (χ4n) is 2.12. The van der Waals surface area contributed by atoms with Crippen LogP contribution in [0, 0.1) is 0 Å². The molecule has 3 amide bonds. The van der Waals surface area contributed by atoms with Crippen LogP contribution in [0.1, 0.15) is 39.4 Å². The topological polar surface area (TPSA) is 88.9 Å². The summed E-state index contributed by atoms with van der Waals surface area (Å²) in [5, 5.41) is 9.38. The van der Waals surface area contributed by atoms with Gasteiger partial charge in [0.25, 0.3) is 0 Å². The monoisotopic (exact) mass is 361 g/mol. The molecule has 0 aliphatic rings. The highest BCUT2D eigenvalue weighted by molar-refractivity contribution is 8.00. The van der Waals surface area contributed by atoms with Crippen molar-refractivity contribution in [3.8, 4) is 5.69 Å². The summed E-state index contributed by atoms with van der Waals surface area (Å²) in [5.74, 6) is 0.629. The molecule has 0 aliphatic heterocycles. The van der Waals surface area contributed by atoms with Crippen molar-refractivity contribution < 1.29 is 9.59 Å². The first-order chi connectivity index (χ1) is 11.9. The lowest BCUT2D eigenvalue weighted by Crippen LogP contribution is -2.42. The van der Waals surface area contributed by atoms with E-state index < -0.39 is 11.3 Å². The Labute approximate surface area is 151 Å². The number of nitrogens with one attached hydrogen (secondary N) is 2. The van der Waals surface area contributed by atoms with Crippen molar-refractivity contribution in [1.29, 1.82) is 0 Å². The minimum absolute atomic E-state index is 0.182. The van der Waals surface area contributed by atoms with Crippen LogP contribution in [0.4, 0.5) is 4.79 Å². The molecule has 134 valence electrons. The summed E-state index contributed by atoms with van der Waals surface area (Å²) in [7, 11) is 0. The van der Waals surface area contributed by atoms with Crippen LogP contribution in [-0.4, -0.2) is 38.5 Å². The van der Waals surface area contributed by atoms with E-state index >= 15 is 0 Å². The fourth-order valence-corrected chi connectivity index (χ4v) is 2.87. The van der Waals surface area contributed by atoms with Gasteiger partial charge in [0, 0.05) is 12.5 Å². The Balaban J connectivity index is 2.15. The lowest BCUT2D eigenvalue weighted by atomic mass is 10.2. The van der Waals surface area contributed by atoms with Crippen molar-refractivity contribution in [3.05, 3.63) is 36.2 Å². The number of aromatic nitrogens is 3. The van der Waals surface area contributed by atoms with Crippen LogP contribution in [0.2, 0.25) is 0 Å². The van der Waals surface area contributed by atoms with E-state index in [-0.39, 0.29) is 11.8 Å². The van der Waals surface area contributed by atoms with E-state index in [1.165, 1.54) is 11.8 Å². The van der Waals surface area contributed by atoms with E-state index in [0.29, 0.717) is 11.7 Å². The third kappa shape index (κ3) is 5.06. The molecule has 1 aromatic heterocycles. The summed E-state index contributed by atoms with van der Waals surface area (Å²) in [4.78, 5) is 28.1. The van der Waals surface area contributed by atoms with Gasteiger partial charge in [0.15, 0.2) is 0 Å². The van der Waals surface area contributed by atoms with Gasteiger partial charge in [-0.1, -0.05) is 43.8 Å². The molecule has 1 aromatic carbocycles. The Bertz CT molecular complexity index is 730. The number of nitrogens with zero attached hydrogens (tertiary/aromatic N) is 3. The molecular formula is C17H23N5O2S. The highest BCUT2D eigenvalue weighted by Gasteiger charge is 2.21. The largest absolute Gasteiger partial charge is 0.338 e. The molecule has 0 bridgehead atoms. The second kappa shape index (κ2) is 8.66. The number of hydrogen-bond acceptors (Lipinski definition) is 5. The number of amides is 3. The number of hydrogen-bond donors (Lipinski definition) is 2. The molecule has 2 rings (SSSR count). The van der Waals surface area contributed by atoms with Crippen LogP contribution in [0.3, 0.4) is 0 Å². The van der Waals surface area contributed by atoms with Crippen molar-refractivity contribution in [2.75, 3.05) is 6.54 Å². The standard InChI is InChI=1S/C17H23N5O2S/c1-5-18-16(24)20-15(23)12(4)25-17-19-14(11(2)3)22(21-17)13-9-7-6-8-10-13/h6-12H,5H2,1-4H3,(H2,18,20,23,24)/t12-/m1/s1. The predicted octanol–water partition coefficient (Wildman–Crippen LogP) is 2.72. The van der Waals surface area contributed by atoms with Crippen molar-refractivity contribution >= 4 is 23.7 Å². The van der Waals surface area contributed by atoms with Crippen LogP contribution in [0.25, 0.3) is 5.69 Å². The van der Waals surface area contributed by atoms with Crippen LogP contribution < -0.4 is 10.6 Å². The Hall–Kier alpha value is -2.35. The third-order valence-electron chi connectivity index (χ3n) is 3.36. The molecule has 0 saturated carbocycles. The fraction of sp³-hybridized carbons (Fsp3) is 0.412. The average Bonchev–Trinajstić information content (AvgIpc) is 3.00. The molecule has 0 spiro atoms. The van der Waals surface area contributed by atoms with Crippen LogP contribution >= 0.6 is 11.8 Å². The minimum Gasteiger partial charge on any atom is -0.338 e. The summed E-state index contributed by atoms with van der Waals surface area (Å²) >= 11 is 1.22. The van der Waals surface area contributed by atoms with Crippen molar-refractivity contribution in [3.63, 3.8) is 0 Å². The highest BCUT2D eigenvalue weighted by Crippen LogP contribution is 2.24. The van der Waals surface area contributed by atoms with Crippen LogP contribution in [0.5, 0.6) is 0 Å². The summed E-state index contributed by atoms with van der Waals surface area (Å²) in [5.41, 5.74) is 0.921. The van der Waals surface area contributed by atoms with Gasteiger partial charge in [-0.3, -0.25) is 10.1 Å². The summed E-state index contributed by atoms with van der Waals surface area (Å²) in [6.45, 7) is 8.06. The zero-order valence-electron chi connectivity index (χ0n) is 14.8. The van der Waals surface area contributed by atoms with Gasteiger partial charge in [-0.2, -0.15) is 0 Å². The maximum atomic E-state index is 12.1. The van der Waals surface area contributed by atoms with Gasteiger partial charge in [0.2, 0.25) is 11.1 Å².